The van der Waals surface area contributed by atoms with Crippen LogP contribution in [0.25, 0.3) is 0 Å². The number of esters is 1. The van der Waals surface area contributed by atoms with E-state index >= 15 is 0 Å². The van der Waals surface area contributed by atoms with Crippen molar-refractivity contribution in [2.24, 2.45) is 0 Å². The van der Waals surface area contributed by atoms with Crippen molar-refractivity contribution >= 4 is 28.9 Å². The lowest BCUT2D eigenvalue weighted by Gasteiger charge is -2.16. The van der Waals surface area contributed by atoms with Gasteiger partial charge in [-0.25, -0.2) is 0 Å². The van der Waals surface area contributed by atoms with E-state index < -0.39 is 18.2 Å². The highest BCUT2D eigenvalue weighted by molar-refractivity contribution is 7.14. The predicted octanol–water partition coefficient (Wildman–Crippen LogP) is 1.36. The second-order valence-electron chi connectivity index (χ2n) is 2.94. The molecule has 0 aromatic carbocycles. The molecule has 15 heavy (non-hydrogen) atoms. The average Bonchev–Trinajstić information content (AvgIpc) is 2.63. The molecule has 0 radical (unpaired) electrons. The van der Waals surface area contributed by atoms with Crippen LogP contribution in [-0.2, 0) is 9.53 Å². The predicted molar refractivity (Wildman–Crippen MR) is 56.9 cm³/mol. The average molecular weight is 251 g/mol. The van der Waals surface area contributed by atoms with Gasteiger partial charge in [0, 0.05) is 5.56 Å². The summed E-state index contributed by atoms with van der Waals surface area (Å²) in [6, 6.07) is 1.61. The fourth-order valence-electron chi connectivity index (χ4n) is 1.09. The van der Waals surface area contributed by atoms with Crippen molar-refractivity contribution in [2.75, 3.05) is 7.11 Å². The molecule has 2 N–H and O–H groups in total. The Morgan fingerprint density at radius 1 is 1.67 bits per heavy atom. The Bertz CT molecular complexity index is 339. The molecule has 0 saturated heterocycles. The Balaban J connectivity index is 2.64. The molecule has 6 heteroatoms. The molecule has 0 aliphatic heterocycles. The smallest absolute Gasteiger partial charge is 0.308 e. The van der Waals surface area contributed by atoms with Crippen LogP contribution in [0.5, 0.6) is 0 Å². The van der Waals surface area contributed by atoms with Gasteiger partial charge in [-0.3, -0.25) is 4.79 Å². The molecular formula is C9H11ClO4S. The van der Waals surface area contributed by atoms with Gasteiger partial charge in [-0.15, -0.1) is 11.3 Å². The minimum absolute atomic E-state index is 0.260. The molecule has 1 heterocycles. The summed E-state index contributed by atoms with van der Waals surface area (Å²) in [4.78, 5) is 10.9. The lowest BCUT2D eigenvalue weighted by molar-refractivity contribution is -0.144. The summed E-state index contributed by atoms with van der Waals surface area (Å²) in [7, 11) is 1.22. The van der Waals surface area contributed by atoms with E-state index in [1.165, 1.54) is 18.4 Å². The van der Waals surface area contributed by atoms with E-state index in [2.05, 4.69) is 4.74 Å². The first-order valence-electron chi connectivity index (χ1n) is 4.22. The van der Waals surface area contributed by atoms with Crippen LogP contribution in [-0.4, -0.2) is 29.4 Å². The van der Waals surface area contributed by atoms with Gasteiger partial charge in [0.25, 0.3) is 0 Å². The summed E-state index contributed by atoms with van der Waals surface area (Å²) in [5.74, 6) is -0.576. The number of aliphatic hydroxyl groups is 2. The zero-order valence-corrected chi connectivity index (χ0v) is 9.59. The van der Waals surface area contributed by atoms with Crippen LogP contribution in [0, 0.1) is 0 Å². The summed E-state index contributed by atoms with van der Waals surface area (Å²) in [5.41, 5.74) is 0.429. The highest BCUT2D eigenvalue weighted by Crippen LogP contribution is 2.30. The van der Waals surface area contributed by atoms with Gasteiger partial charge in [-0.1, -0.05) is 11.6 Å². The molecule has 0 aliphatic carbocycles. The molecule has 0 aliphatic rings. The van der Waals surface area contributed by atoms with E-state index in [0.29, 0.717) is 9.90 Å². The Labute approximate surface area is 96.1 Å². The fraction of sp³-hybridized carbons (Fsp3) is 0.444. The lowest BCUT2D eigenvalue weighted by atomic mass is 10.1. The first-order chi connectivity index (χ1) is 7.06. The quantitative estimate of drug-likeness (QED) is 0.792. The van der Waals surface area contributed by atoms with E-state index in [1.807, 2.05) is 0 Å². The molecule has 4 nitrogen and oxygen atoms in total. The largest absolute Gasteiger partial charge is 0.469 e. The lowest BCUT2D eigenvalue weighted by Crippen LogP contribution is -2.22. The number of rotatable bonds is 4. The third kappa shape index (κ3) is 3.17. The Kier molecular flexibility index (Phi) is 4.53. The summed E-state index contributed by atoms with van der Waals surface area (Å²) in [6.07, 6.45) is -2.63. The van der Waals surface area contributed by atoms with Crippen LogP contribution in [0.3, 0.4) is 0 Å². The van der Waals surface area contributed by atoms with Crippen molar-refractivity contribution in [2.45, 2.75) is 18.6 Å². The Hall–Kier alpha value is -0.620. The molecule has 0 spiro atoms. The summed E-state index contributed by atoms with van der Waals surface area (Å²) in [5, 5.41) is 20.9. The van der Waals surface area contributed by atoms with E-state index in [9.17, 15) is 15.0 Å². The topological polar surface area (TPSA) is 66.8 Å². The SMILES string of the molecule is COC(=O)CC(O)C(O)c1ccsc1Cl. The molecule has 0 amide bonds. The number of carbonyl (C=O) groups is 1. The number of methoxy groups -OCH3 is 1. The molecule has 1 aromatic heterocycles. The maximum Gasteiger partial charge on any atom is 0.308 e. The summed E-state index contributed by atoms with van der Waals surface area (Å²) < 4.78 is 4.79. The number of thiophene rings is 1. The first kappa shape index (κ1) is 12.4. The molecule has 0 saturated carbocycles. The van der Waals surface area contributed by atoms with E-state index in [1.54, 1.807) is 11.4 Å². The van der Waals surface area contributed by atoms with Gasteiger partial charge in [-0.05, 0) is 11.4 Å². The monoisotopic (exact) mass is 250 g/mol. The molecule has 1 rings (SSSR count). The number of carbonyl (C=O) groups excluding carboxylic acids is 1. The molecule has 2 atom stereocenters. The summed E-state index contributed by atoms with van der Waals surface area (Å²) in [6.45, 7) is 0. The van der Waals surface area contributed by atoms with E-state index in [0.717, 1.165) is 0 Å². The second kappa shape index (κ2) is 5.46. The van der Waals surface area contributed by atoms with Crippen molar-refractivity contribution < 1.29 is 19.7 Å². The van der Waals surface area contributed by atoms with Crippen molar-refractivity contribution in [3.05, 3.63) is 21.3 Å². The Morgan fingerprint density at radius 3 is 2.80 bits per heavy atom. The number of halogens is 1. The van der Waals surface area contributed by atoms with Crippen LogP contribution in [0.1, 0.15) is 18.1 Å². The maximum atomic E-state index is 10.9. The van der Waals surface area contributed by atoms with Crippen LogP contribution < -0.4 is 0 Å². The zero-order valence-electron chi connectivity index (χ0n) is 8.01. The standard InChI is InChI=1S/C9H11ClO4S/c1-14-7(12)4-6(11)8(13)5-2-3-15-9(5)10/h2-3,6,8,11,13H,4H2,1H3. The molecule has 2 unspecified atom stereocenters. The van der Waals surface area contributed by atoms with Gasteiger partial charge < -0.3 is 14.9 Å². The van der Waals surface area contributed by atoms with Gasteiger partial charge in [0.15, 0.2) is 0 Å². The van der Waals surface area contributed by atoms with E-state index in [4.69, 9.17) is 11.6 Å². The highest BCUT2D eigenvalue weighted by atomic mass is 35.5. The Morgan fingerprint density at radius 2 is 2.33 bits per heavy atom. The molecule has 1 aromatic rings. The van der Waals surface area contributed by atoms with Crippen molar-refractivity contribution in [1.82, 2.24) is 0 Å². The third-order valence-electron chi connectivity index (χ3n) is 1.93. The minimum atomic E-state index is -1.20. The zero-order chi connectivity index (χ0) is 11.4. The van der Waals surface area contributed by atoms with Crippen LogP contribution in [0.4, 0.5) is 0 Å². The highest BCUT2D eigenvalue weighted by Gasteiger charge is 2.24. The van der Waals surface area contributed by atoms with Crippen molar-refractivity contribution in [1.29, 1.82) is 0 Å². The molecular weight excluding hydrogens is 240 g/mol. The number of hydrogen-bond acceptors (Lipinski definition) is 5. The van der Waals surface area contributed by atoms with Crippen LogP contribution in [0.2, 0.25) is 4.34 Å². The number of aliphatic hydroxyl groups excluding tert-OH is 2. The molecule has 0 bridgehead atoms. The summed E-state index contributed by atoms with van der Waals surface area (Å²) >= 11 is 7.03. The van der Waals surface area contributed by atoms with Gasteiger partial charge in [0.05, 0.1) is 24.0 Å². The third-order valence-corrected chi connectivity index (χ3v) is 3.13. The van der Waals surface area contributed by atoms with E-state index in [-0.39, 0.29) is 6.42 Å². The minimum Gasteiger partial charge on any atom is -0.469 e. The first-order valence-corrected chi connectivity index (χ1v) is 5.48. The van der Waals surface area contributed by atoms with Gasteiger partial charge in [0.2, 0.25) is 0 Å². The molecule has 0 fully saturated rings. The van der Waals surface area contributed by atoms with Gasteiger partial charge >= 0.3 is 5.97 Å². The van der Waals surface area contributed by atoms with Gasteiger partial charge in [0.1, 0.15) is 6.10 Å². The second-order valence-corrected chi connectivity index (χ2v) is 4.46. The van der Waals surface area contributed by atoms with Crippen LogP contribution >= 0.6 is 22.9 Å². The normalized spacial score (nSPS) is 14.7. The van der Waals surface area contributed by atoms with Crippen molar-refractivity contribution in [3.63, 3.8) is 0 Å². The molecule has 84 valence electrons. The van der Waals surface area contributed by atoms with Crippen molar-refractivity contribution in [3.8, 4) is 0 Å². The fourth-order valence-corrected chi connectivity index (χ4v) is 2.08. The number of hydrogen-bond donors (Lipinski definition) is 2. The van der Waals surface area contributed by atoms with Gasteiger partial charge in [-0.2, -0.15) is 0 Å². The van der Waals surface area contributed by atoms with Crippen LogP contribution in [0.15, 0.2) is 11.4 Å². The maximum absolute atomic E-state index is 10.9. The number of ether oxygens (including phenoxy) is 1.